The third-order valence-electron chi connectivity index (χ3n) is 3.12. The highest BCUT2D eigenvalue weighted by Gasteiger charge is 2.04. The number of carbonyl (C=O) groups excluding carboxylic acids is 1. The number of hydrogen-bond donors (Lipinski definition) is 2. The van der Waals surface area contributed by atoms with Crippen molar-refractivity contribution in [1.82, 2.24) is 0 Å². The van der Waals surface area contributed by atoms with Crippen LogP contribution in [0.5, 0.6) is 5.75 Å². The second-order valence-electron chi connectivity index (χ2n) is 4.74. The van der Waals surface area contributed by atoms with Gasteiger partial charge in [-0.05, 0) is 41.8 Å². The molecule has 4 heteroatoms. The lowest BCUT2D eigenvalue weighted by molar-refractivity contribution is -0.118. The molecule has 0 unspecified atom stereocenters. The second kappa shape index (κ2) is 7.45. The molecule has 2 aromatic carbocycles. The number of ether oxygens (including phenoxy) is 1. The van der Waals surface area contributed by atoms with Crippen molar-refractivity contribution in [3.05, 3.63) is 59.7 Å². The minimum absolute atomic E-state index is 0.0139. The number of carbonyl (C=O) groups is 1. The fourth-order valence-corrected chi connectivity index (χ4v) is 1.98. The first-order chi connectivity index (χ1) is 10.2. The molecule has 0 spiro atoms. The van der Waals surface area contributed by atoms with Crippen molar-refractivity contribution in [3.8, 4) is 5.75 Å². The van der Waals surface area contributed by atoms with E-state index in [4.69, 9.17) is 10.5 Å². The van der Waals surface area contributed by atoms with E-state index in [1.807, 2.05) is 48.5 Å². The first-order valence-corrected chi connectivity index (χ1v) is 7.02. The topological polar surface area (TPSA) is 64.3 Å². The lowest BCUT2D eigenvalue weighted by Crippen LogP contribution is -2.20. The summed E-state index contributed by atoms with van der Waals surface area (Å²) in [6, 6.07) is 15.2. The molecule has 0 aromatic heterocycles. The third kappa shape index (κ3) is 4.61. The molecule has 21 heavy (non-hydrogen) atoms. The quantitative estimate of drug-likeness (QED) is 0.857. The van der Waals surface area contributed by atoms with Gasteiger partial charge in [-0.2, -0.15) is 0 Å². The predicted molar refractivity (Wildman–Crippen MR) is 84.3 cm³/mol. The average Bonchev–Trinajstić information content (AvgIpc) is 2.53. The molecular weight excluding hydrogens is 264 g/mol. The monoisotopic (exact) mass is 284 g/mol. The molecular formula is C17H20N2O2. The minimum Gasteiger partial charge on any atom is -0.484 e. The molecule has 0 atom stereocenters. The molecule has 0 radical (unpaired) electrons. The molecule has 3 N–H and O–H groups in total. The van der Waals surface area contributed by atoms with Gasteiger partial charge in [-0.3, -0.25) is 4.79 Å². The van der Waals surface area contributed by atoms with E-state index in [9.17, 15) is 4.79 Å². The van der Waals surface area contributed by atoms with Crippen molar-refractivity contribution in [2.75, 3.05) is 11.9 Å². The van der Waals surface area contributed by atoms with E-state index < -0.39 is 0 Å². The summed E-state index contributed by atoms with van der Waals surface area (Å²) >= 11 is 0. The lowest BCUT2D eigenvalue weighted by atomic mass is 10.2. The van der Waals surface area contributed by atoms with Gasteiger partial charge in [0.15, 0.2) is 6.61 Å². The molecule has 0 heterocycles. The normalized spacial score (nSPS) is 10.2. The van der Waals surface area contributed by atoms with Crippen molar-refractivity contribution in [3.63, 3.8) is 0 Å². The van der Waals surface area contributed by atoms with Crippen LogP contribution in [0.2, 0.25) is 0 Å². The molecule has 2 rings (SSSR count). The molecule has 0 aliphatic rings. The van der Waals surface area contributed by atoms with E-state index >= 15 is 0 Å². The highest BCUT2D eigenvalue weighted by atomic mass is 16.5. The summed E-state index contributed by atoms with van der Waals surface area (Å²) in [6.45, 7) is 2.51. The van der Waals surface area contributed by atoms with Crippen molar-refractivity contribution in [2.24, 2.45) is 5.73 Å². The van der Waals surface area contributed by atoms with Crippen molar-refractivity contribution >= 4 is 11.6 Å². The van der Waals surface area contributed by atoms with Crippen LogP contribution in [0.3, 0.4) is 0 Å². The average molecular weight is 284 g/mol. The number of hydrogen-bond acceptors (Lipinski definition) is 3. The standard InChI is InChI=1S/C17H20N2O2/c1-2-13-5-4-8-16(10-13)21-12-17(20)19-15-7-3-6-14(9-15)11-18/h3-10H,2,11-12,18H2,1H3,(H,19,20). The van der Waals surface area contributed by atoms with Crippen LogP contribution in [0.1, 0.15) is 18.1 Å². The number of amides is 1. The van der Waals surface area contributed by atoms with Crippen LogP contribution in [0.4, 0.5) is 5.69 Å². The van der Waals surface area contributed by atoms with Crippen LogP contribution in [-0.4, -0.2) is 12.5 Å². The van der Waals surface area contributed by atoms with Gasteiger partial charge in [-0.25, -0.2) is 0 Å². The van der Waals surface area contributed by atoms with Crippen LogP contribution >= 0.6 is 0 Å². The summed E-state index contributed by atoms with van der Waals surface area (Å²) in [4.78, 5) is 11.9. The van der Waals surface area contributed by atoms with Gasteiger partial charge < -0.3 is 15.8 Å². The number of anilines is 1. The Morgan fingerprint density at radius 1 is 1.14 bits per heavy atom. The molecule has 4 nitrogen and oxygen atoms in total. The molecule has 0 saturated carbocycles. The fraction of sp³-hybridized carbons (Fsp3) is 0.235. The summed E-state index contributed by atoms with van der Waals surface area (Å²) in [7, 11) is 0. The molecule has 0 aliphatic heterocycles. The zero-order valence-electron chi connectivity index (χ0n) is 12.1. The molecule has 2 aromatic rings. The highest BCUT2D eigenvalue weighted by molar-refractivity contribution is 5.91. The van der Waals surface area contributed by atoms with Gasteiger partial charge in [-0.15, -0.1) is 0 Å². The van der Waals surface area contributed by atoms with E-state index in [-0.39, 0.29) is 12.5 Å². The second-order valence-corrected chi connectivity index (χ2v) is 4.74. The van der Waals surface area contributed by atoms with E-state index in [0.29, 0.717) is 12.3 Å². The lowest BCUT2D eigenvalue weighted by Gasteiger charge is -2.09. The number of rotatable bonds is 6. The van der Waals surface area contributed by atoms with E-state index in [0.717, 1.165) is 17.7 Å². The predicted octanol–water partition coefficient (Wildman–Crippen LogP) is 2.73. The maximum absolute atomic E-state index is 11.9. The molecule has 1 amide bonds. The Kier molecular flexibility index (Phi) is 5.35. The Balaban J connectivity index is 1.89. The van der Waals surface area contributed by atoms with Crippen molar-refractivity contribution in [2.45, 2.75) is 19.9 Å². The van der Waals surface area contributed by atoms with Gasteiger partial charge in [0.2, 0.25) is 0 Å². The third-order valence-corrected chi connectivity index (χ3v) is 3.12. The summed E-state index contributed by atoms with van der Waals surface area (Å²) in [5.74, 6) is 0.520. The van der Waals surface area contributed by atoms with Crippen LogP contribution in [0.25, 0.3) is 0 Å². The summed E-state index contributed by atoms with van der Waals surface area (Å²) < 4.78 is 5.50. The van der Waals surface area contributed by atoms with E-state index in [2.05, 4.69) is 12.2 Å². The molecule has 0 bridgehead atoms. The Bertz CT molecular complexity index is 611. The molecule has 0 saturated heterocycles. The zero-order valence-corrected chi connectivity index (χ0v) is 12.1. The zero-order chi connectivity index (χ0) is 15.1. The molecule has 0 fully saturated rings. The first-order valence-electron chi connectivity index (χ1n) is 7.02. The van der Waals surface area contributed by atoms with Crippen LogP contribution in [0, 0.1) is 0 Å². The van der Waals surface area contributed by atoms with Gasteiger partial charge in [-0.1, -0.05) is 31.2 Å². The minimum atomic E-state index is -0.189. The van der Waals surface area contributed by atoms with Crippen molar-refractivity contribution in [1.29, 1.82) is 0 Å². The Labute approximate surface area is 124 Å². The smallest absolute Gasteiger partial charge is 0.262 e. The fourth-order valence-electron chi connectivity index (χ4n) is 1.98. The summed E-state index contributed by atoms with van der Waals surface area (Å²) in [5, 5.41) is 2.80. The van der Waals surface area contributed by atoms with Gasteiger partial charge in [0.1, 0.15) is 5.75 Å². The molecule has 0 aliphatic carbocycles. The van der Waals surface area contributed by atoms with Crippen LogP contribution < -0.4 is 15.8 Å². The van der Waals surface area contributed by atoms with Crippen LogP contribution in [-0.2, 0) is 17.8 Å². The summed E-state index contributed by atoms with van der Waals surface area (Å²) in [6.07, 6.45) is 0.940. The first kappa shape index (κ1) is 15.1. The maximum atomic E-state index is 11.9. The Morgan fingerprint density at radius 2 is 1.90 bits per heavy atom. The Morgan fingerprint density at radius 3 is 2.67 bits per heavy atom. The maximum Gasteiger partial charge on any atom is 0.262 e. The summed E-state index contributed by atoms with van der Waals surface area (Å²) in [5.41, 5.74) is 8.46. The van der Waals surface area contributed by atoms with Crippen LogP contribution in [0.15, 0.2) is 48.5 Å². The molecule has 110 valence electrons. The number of nitrogens with two attached hydrogens (primary N) is 1. The van der Waals surface area contributed by atoms with Gasteiger partial charge >= 0.3 is 0 Å². The largest absolute Gasteiger partial charge is 0.484 e. The van der Waals surface area contributed by atoms with Gasteiger partial charge in [0.05, 0.1) is 0 Å². The van der Waals surface area contributed by atoms with Gasteiger partial charge in [0, 0.05) is 12.2 Å². The highest BCUT2D eigenvalue weighted by Crippen LogP contribution is 2.14. The number of aryl methyl sites for hydroxylation is 1. The van der Waals surface area contributed by atoms with E-state index in [1.165, 1.54) is 5.56 Å². The van der Waals surface area contributed by atoms with Crippen molar-refractivity contribution < 1.29 is 9.53 Å². The van der Waals surface area contributed by atoms with Gasteiger partial charge in [0.25, 0.3) is 5.91 Å². The number of nitrogens with one attached hydrogen (secondary N) is 1. The SMILES string of the molecule is CCc1cccc(OCC(=O)Nc2cccc(CN)c2)c1. The Hall–Kier alpha value is -2.33. The number of benzene rings is 2. The van der Waals surface area contributed by atoms with E-state index in [1.54, 1.807) is 0 Å².